The smallest absolute Gasteiger partial charge is 0.274 e. The highest BCUT2D eigenvalue weighted by atomic mass is 16.2. The van der Waals surface area contributed by atoms with Crippen LogP contribution in [-0.4, -0.2) is 51.7 Å². The molecular weight excluding hydrogens is 364 g/mol. The summed E-state index contributed by atoms with van der Waals surface area (Å²) in [4.78, 5) is 29.0. The Morgan fingerprint density at radius 1 is 1.03 bits per heavy atom. The number of carbonyl (C=O) groups excluding carboxylic acids is 1. The zero-order valence-corrected chi connectivity index (χ0v) is 17.8. The van der Waals surface area contributed by atoms with Crippen molar-refractivity contribution >= 4 is 5.91 Å². The molecule has 1 saturated heterocycles. The lowest BCUT2D eigenvalue weighted by Crippen LogP contribution is -2.48. The van der Waals surface area contributed by atoms with Crippen LogP contribution in [0.15, 0.2) is 41.2 Å². The van der Waals surface area contributed by atoms with E-state index in [1.807, 2.05) is 4.90 Å². The molecule has 2 aromatic rings. The summed E-state index contributed by atoms with van der Waals surface area (Å²) < 4.78 is 1.41. The molecule has 0 bridgehead atoms. The van der Waals surface area contributed by atoms with Crippen LogP contribution in [0.3, 0.4) is 0 Å². The lowest BCUT2D eigenvalue weighted by Gasteiger charge is -2.34. The van der Waals surface area contributed by atoms with Crippen LogP contribution in [0.2, 0.25) is 0 Å². The highest BCUT2D eigenvalue weighted by Crippen LogP contribution is 2.16. The van der Waals surface area contributed by atoms with Gasteiger partial charge in [0.15, 0.2) is 0 Å². The van der Waals surface area contributed by atoms with Gasteiger partial charge in [0.2, 0.25) is 0 Å². The van der Waals surface area contributed by atoms with Gasteiger partial charge >= 0.3 is 0 Å². The molecule has 0 saturated carbocycles. The van der Waals surface area contributed by atoms with E-state index in [2.05, 4.69) is 55.0 Å². The van der Waals surface area contributed by atoms with Crippen molar-refractivity contribution in [1.82, 2.24) is 19.6 Å². The molecule has 29 heavy (non-hydrogen) atoms. The van der Waals surface area contributed by atoms with E-state index >= 15 is 0 Å². The van der Waals surface area contributed by atoms with Crippen LogP contribution in [0.25, 0.3) is 0 Å². The number of rotatable bonds is 7. The first-order valence-corrected chi connectivity index (χ1v) is 10.7. The maximum atomic E-state index is 12.8. The van der Waals surface area contributed by atoms with Gasteiger partial charge in [0, 0.05) is 45.3 Å². The van der Waals surface area contributed by atoms with E-state index in [0.29, 0.717) is 31.2 Å². The molecular formula is C23H32N4O2. The molecule has 1 aromatic heterocycles. The monoisotopic (exact) mass is 396 g/mol. The number of carbonyl (C=O) groups is 1. The predicted molar refractivity (Wildman–Crippen MR) is 115 cm³/mol. The van der Waals surface area contributed by atoms with Gasteiger partial charge < -0.3 is 4.90 Å². The summed E-state index contributed by atoms with van der Waals surface area (Å²) in [5.74, 6) is 0.458. The number of hydrogen-bond acceptors (Lipinski definition) is 4. The van der Waals surface area contributed by atoms with Gasteiger partial charge in [-0.15, -0.1) is 0 Å². The van der Waals surface area contributed by atoms with E-state index in [-0.39, 0.29) is 11.5 Å². The van der Waals surface area contributed by atoms with Gasteiger partial charge in [0.25, 0.3) is 11.5 Å². The van der Waals surface area contributed by atoms with Crippen molar-refractivity contribution in [3.63, 3.8) is 0 Å². The summed E-state index contributed by atoms with van der Waals surface area (Å²) >= 11 is 0. The summed E-state index contributed by atoms with van der Waals surface area (Å²) in [6, 6.07) is 11.8. The summed E-state index contributed by atoms with van der Waals surface area (Å²) in [5, 5.41) is 4.29. The minimum absolute atomic E-state index is 0.0869. The topological polar surface area (TPSA) is 58.4 Å². The van der Waals surface area contributed by atoms with Crippen LogP contribution < -0.4 is 5.56 Å². The molecule has 0 unspecified atom stereocenters. The highest BCUT2D eigenvalue weighted by Gasteiger charge is 2.23. The first-order valence-electron chi connectivity index (χ1n) is 10.7. The Hall–Kier alpha value is -2.47. The zero-order chi connectivity index (χ0) is 20.8. The average molecular weight is 397 g/mol. The first-order chi connectivity index (χ1) is 14.0. The number of aryl methyl sites for hydroxylation is 1. The molecule has 156 valence electrons. The Labute approximate surface area is 173 Å². The van der Waals surface area contributed by atoms with Gasteiger partial charge in [-0.1, -0.05) is 51.5 Å². The summed E-state index contributed by atoms with van der Waals surface area (Å²) in [6.45, 7) is 11.0. The maximum absolute atomic E-state index is 12.8. The number of benzene rings is 1. The van der Waals surface area contributed by atoms with Gasteiger partial charge in [0.05, 0.1) is 0 Å². The SMILES string of the molecule is CCCCn1nc(C(=O)N2CCN(Cc3ccc(C(C)C)cc3)CC2)ccc1=O. The van der Waals surface area contributed by atoms with Gasteiger partial charge in [-0.3, -0.25) is 14.5 Å². The first kappa shape index (κ1) is 21.2. The third kappa shape index (κ3) is 5.54. The molecule has 0 atom stereocenters. The maximum Gasteiger partial charge on any atom is 0.274 e. The molecule has 1 fully saturated rings. The number of aromatic nitrogens is 2. The van der Waals surface area contributed by atoms with Crippen molar-refractivity contribution in [1.29, 1.82) is 0 Å². The van der Waals surface area contributed by atoms with Crippen molar-refractivity contribution < 1.29 is 4.79 Å². The average Bonchev–Trinajstić information content (AvgIpc) is 2.73. The van der Waals surface area contributed by atoms with E-state index < -0.39 is 0 Å². The fraction of sp³-hybridized carbons (Fsp3) is 0.522. The van der Waals surface area contributed by atoms with Gasteiger partial charge in [0.1, 0.15) is 5.69 Å². The van der Waals surface area contributed by atoms with Crippen LogP contribution in [0.4, 0.5) is 0 Å². The van der Waals surface area contributed by atoms with E-state index in [0.717, 1.165) is 32.5 Å². The number of unbranched alkanes of at least 4 members (excludes halogenated alkanes) is 1. The second-order valence-electron chi connectivity index (χ2n) is 8.10. The third-order valence-electron chi connectivity index (χ3n) is 5.52. The Bertz CT molecular complexity index is 865. The molecule has 6 heteroatoms. The van der Waals surface area contributed by atoms with Crippen molar-refractivity contribution in [2.75, 3.05) is 26.2 Å². The van der Waals surface area contributed by atoms with E-state index in [4.69, 9.17) is 0 Å². The Morgan fingerprint density at radius 2 is 1.72 bits per heavy atom. The second-order valence-corrected chi connectivity index (χ2v) is 8.10. The highest BCUT2D eigenvalue weighted by molar-refractivity contribution is 5.92. The molecule has 0 spiro atoms. The van der Waals surface area contributed by atoms with Crippen molar-refractivity contribution in [3.05, 3.63) is 63.6 Å². The fourth-order valence-electron chi connectivity index (χ4n) is 3.57. The molecule has 3 rings (SSSR count). The predicted octanol–water partition coefficient (Wildman–Crippen LogP) is 3.12. The van der Waals surface area contributed by atoms with Crippen molar-refractivity contribution in [2.24, 2.45) is 0 Å². The molecule has 1 aromatic carbocycles. The largest absolute Gasteiger partial charge is 0.335 e. The van der Waals surface area contributed by atoms with Crippen LogP contribution in [0, 0.1) is 0 Å². The van der Waals surface area contributed by atoms with Gasteiger partial charge in [-0.25, -0.2) is 4.68 Å². The molecule has 1 aliphatic rings. The van der Waals surface area contributed by atoms with Crippen LogP contribution in [0.1, 0.15) is 61.1 Å². The van der Waals surface area contributed by atoms with Crippen molar-refractivity contribution in [2.45, 2.75) is 52.6 Å². The lowest BCUT2D eigenvalue weighted by molar-refractivity contribution is 0.0620. The van der Waals surface area contributed by atoms with Crippen LogP contribution in [-0.2, 0) is 13.1 Å². The third-order valence-corrected chi connectivity index (χ3v) is 5.52. The number of hydrogen-bond donors (Lipinski definition) is 0. The minimum atomic E-state index is -0.150. The molecule has 2 heterocycles. The van der Waals surface area contributed by atoms with E-state index in [1.165, 1.54) is 21.9 Å². The number of nitrogens with zero attached hydrogens (tertiary/aromatic N) is 4. The normalized spacial score (nSPS) is 15.1. The van der Waals surface area contributed by atoms with Gasteiger partial charge in [-0.2, -0.15) is 5.10 Å². The van der Waals surface area contributed by atoms with E-state index in [9.17, 15) is 9.59 Å². The van der Waals surface area contributed by atoms with Gasteiger partial charge in [-0.05, 0) is 29.5 Å². The number of amides is 1. The van der Waals surface area contributed by atoms with Crippen LogP contribution in [0.5, 0.6) is 0 Å². The molecule has 0 radical (unpaired) electrons. The second kappa shape index (κ2) is 9.83. The fourth-order valence-corrected chi connectivity index (χ4v) is 3.57. The quantitative estimate of drug-likeness (QED) is 0.722. The lowest BCUT2D eigenvalue weighted by atomic mass is 10.0. The zero-order valence-electron chi connectivity index (χ0n) is 17.8. The molecule has 6 nitrogen and oxygen atoms in total. The number of piperazine rings is 1. The standard InChI is InChI=1S/C23H32N4O2/c1-4-5-12-27-22(28)11-10-21(24-27)23(29)26-15-13-25(14-16-26)17-19-6-8-20(9-7-19)18(2)3/h6-11,18H,4-5,12-17H2,1-3H3. The molecule has 1 aliphatic heterocycles. The summed E-state index contributed by atoms with van der Waals surface area (Å²) in [6.07, 6.45) is 1.86. The Balaban J connectivity index is 1.56. The molecule has 0 N–H and O–H groups in total. The summed E-state index contributed by atoms with van der Waals surface area (Å²) in [5.41, 5.74) is 2.87. The van der Waals surface area contributed by atoms with Crippen molar-refractivity contribution in [3.8, 4) is 0 Å². The molecule has 0 aliphatic carbocycles. The Kier molecular flexibility index (Phi) is 7.20. The molecule has 1 amide bonds. The van der Waals surface area contributed by atoms with E-state index in [1.54, 1.807) is 6.07 Å². The summed E-state index contributed by atoms with van der Waals surface area (Å²) in [7, 11) is 0. The van der Waals surface area contributed by atoms with Crippen LogP contribution >= 0.6 is 0 Å². The minimum Gasteiger partial charge on any atom is -0.335 e. The Morgan fingerprint density at radius 3 is 2.34 bits per heavy atom.